The zero-order valence-electron chi connectivity index (χ0n) is 17.7. The Balaban J connectivity index is 1.67. The first kappa shape index (κ1) is 24.1. The van der Waals surface area contributed by atoms with Crippen molar-refractivity contribution in [2.24, 2.45) is 0 Å². The summed E-state index contributed by atoms with van der Waals surface area (Å²) in [6, 6.07) is 6.73. The van der Waals surface area contributed by atoms with Crippen LogP contribution >= 0.6 is 22.9 Å². The molecule has 8 nitrogen and oxygen atoms in total. The molecule has 172 valence electrons. The van der Waals surface area contributed by atoms with Crippen LogP contribution in [0.3, 0.4) is 0 Å². The fourth-order valence-corrected chi connectivity index (χ4v) is 4.14. The summed E-state index contributed by atoms with van der Waals surface area (Å²) in [6.07, 6.45) is 0. The number of anilines is 2. The summed E-state index contributed by atoms with van der Waals surface area (Å²) < 4.78 is 20.2. The molecule has 3 amide bonds. The number of nitrogens with zero attached hydrogens (tertiary/aromatic N) is 2. The number of nitrogens with one attached hydrogen (secondary N) is 2. The van der Waals surface area contributed by atoms with Gasteiger partial charge >= 0.3 is 0 Å². The number of hydrogen-bond acceptors (Lipinski definition) is 6. The number of carbonyl (C=O) groups is 3. The highest BCUT2D eigenvalue weighted by atomic mass is 35.5. The van der Waals surface area contributed by atoms with Crippen LogP contribution in [-0.4, -0.2) is 68.6 Å². The number of likely N-dealkylation sites (N-methyl/N-ethyl adjacent to an activating group) is 1. The second-order valence-corrected chi connectivity index (χ2v) is 8.87. The van der Waals surface area contributed by atoms with Gasteiger partial charge in [0.05, 0.1) is 21.5 Å². The second kappa shape index (κ2) is 10.9. The molecule has 0 unspecified atom stereocenters. The summed E-state index contributed by atoms with van der Waals surface area (Å²) >= 11 is 7.02. The van der Waals surface area contributed by atoms with Gasteiger partial charge in [0.15, 0.2) is 0 Å². The fraction of sp³-hybridized carbons (Fsp3) is 0.381. The monoisotopic (exact) mass is 482 g/mol. The third-order valence-corrected chi connectivity index (χ3v) is 6.31. The van der Waals surface area contributed by atoms with Crippen LogP contribution in [0.4, 0.5) is 15.8 Å². The molecule has 1 aliphatic heterocycles. The molecule has 1 aliphatic rings. The van der Waals surface area contributed by atoms with E-state index < -0.39 is 17.8 Å². The van der Waals surface area contributed by atoms with Gasteiger partial charge in [-0.3, -0.25) is 19.3 Å². The van der Waals surface area contributed by atoms with E-state index in [1.54, 1.807) is 24.1 Å². The molecular weight excluding hydrogens is 459 g/mol. The van der Waals surface area contributed by atoms with Gasteiger partial charge in [-0.1, -0.05) is 18.5 Å². The normalized spacial score (nSPS) is 15.0. The van der Waals surface area contributed by atoms with Gasteiger partial charge in [-0.05, 0) is 43.9 Å². The van der Waals surface area contributed by atoms with Crippen molar-refractivity contribution in [2.45, 2.75) is 13.0 Å². The zero-order chi connectivity index (χ0) is 23.3. The average Bonchev–Trinajstić information content (AvgIpc) is 3.21. The SMILES string of the molecule is CCN(C)[C@H](CNC(=O)c1ccc(Cl)s1)C(=O)Nc1ccc(N2CCOCC2=O)c(F)c1. The highest BCUT2D eigenvalue weighted by molar-refractivity contribution is 7.18. The molecule has 1 saturated heterocycles. The van der Waals surface area contributed by atoms with E-state index in [9.17, 15) is 18.8 Å². The summed E-state index contributed by atoms with van der Waals surface area (Å²) in [5.74, 6) is -1.66. The Morgan fingerprint density at radius 1 is 1.34 bits per heavy atom. The molecule has 2 heterocycles. The highest BCUT2D eigenvalue weighted by Crippen LogP contribution is 2.25. The molecular formula is C21H24ClFN4O4S. The Morgan fingerprint density at radius 2 is 2.12 bits per heavy atom. The van der Waals surface area contributed by atoms with E-state index in [2.05, 4.69) is 10.6 Å². The van der Waals surface area contributed by atoms with Crippen molar-refractivity contribution in [3.8, 4) is 0 Å². The van der Waals surface area contributed by atoms with Crippen LogP contribution in [0, 0.1) is 5.82 Å². The molecule has 0 aliphatic carbocycles. The summed E-state index contributed by atoms with van der Waals surface area (Å²) in [4.78, 5) is 40.7. The number of rotatable bonds is 8. The number of hydrogen-bond donors (Lipinski definition) is 2. The van der Waals surface area contributed by atoms with E-state index in [-0.39, 0.29) is 42.9 Å². The van der Waals surface area contributed by atoms with E-state index in [4.69, 9.17) is 16.3 Å². The molecule has 1 aromatic carbocycles. The van der Waals surface area contributed by atoms with Crippen LogP contribution in [0.25, 0.3) is 0 Å². The van der Waals surface area contributed by atoms with Gasteiger partial charge in [-0.2, -0.15) is 0 Å². The molecule has 0 radical (unpaired) electrons. The number of carbonyl (C=O) groups excluding carboxylic acids is 3. The molecule has 1 atom stereocenters. The highest BCUT2D eigenvalue weighted by Gasteiger charge is 2.26. The van der Waals surface area contributed by atoms with Gasteiger partial charge in [0.1, 0.15) is 18.5 Å². The minimum absolute atomic E-state index is 0.0629. The predicted octanol–water partition coefficient (Wildman–Crippen LogP) is 2.59. The van der Waals surface area contributed by atoms with Crippen molar-refractivity contribution in [1.29, 1.82) is 0 Å². The quantitative estimate of drug-likeness (QED) is 0.603. The van der Waals surface area contributed by atoms with E-state index in [0.29, 0.717) is 22.4 Å². The van der Waals surface area contributed by atoms with Crippen molar-refractivity contribution in [3.05, 3.63) is 45.4 Å². The number of amides is 3. The number of thiophene rings is 1. The first-order valence-corrected chi connectivity index (χ1v) is 11.2. The number of benzene rings is 1. The van der Waals surface area contributed by atoms with Gasteiger partial charge in [0, 0.05) is 18.8 Å². The lowest BCUT2D eigenvalue weighted by molar-refractivity contribution is -0.125. The minimum Gasteiger partial charge on any atom is -0.370 e. The molecule has 3 rings (SSSR count). The number of ether oxygens (including phenoxy) is 1. The Kier molecular flexibility index (Phi) is 8.19. The lowest BCUT2D eigenvalue weighted by atomic mass is 10.2. The molecule has 1 aromatic heterocycles. The summed E-state index contributed by atoms with van der Waals surface area (Å²) in [5, 5.41) is 5.43. The van der Waals surface area contributed by atoms with Gasteiger partial charge in [-0.25, -0.2) is 4.39 Å². The van der Waals surface area contributed by atoms with Crippen LogP contribution in [0.1, 0.15) is 16.6 Å². The van der Waals surface area contributed by atoms with Gasteiger partial charge < -0.3 is 20.3 Å². The van der Waals surface area contributed by atoms with Crippen LogP contribution in [0.2, 0.25) is 4.34 Å². The molecule has 32 heavy (non-hydrogen) atoms. The topological polar surface area (TPSA) is 91.0 Å². The molecule has 0 bridgehead atoms. The largest absolute Gasteiger partial charge is 0.370 e. The van der Waals surface area contributed by atoms with E-state index in [1.165, 1.54) is 23.1 Å². The summed E-state index contributed by atoms with van der Waals surface area (Å²) in [6.45, 7) is 3.01. The van der Waals surface area contributed by atoms with Gasteiger partial charge in [0.2, 0.25) is 5.91 Å². The van der Waals surface area contributed by atoms with E-state index in [0.717, 1.165) is 11.3 Å². The van der Waals surface area contributed by atoms with Gasteiger partial charge in [0.25, 0.3) is 11.8 Å². The molecule has 1 fully saturated rings. The molecule has 2 N–H and O–H groups in total. The molecule has 11 heteroatoms. The Hall–Kier alpha value is -2.53. The fourth-order valence-electron chi connectivity index (χ4n) is 3.18. The Bertz CT molecular complexity index is 1000. The Labute approximate surface area is 194 Å². The third-order valence-electron chi connectivity index (χ3n) is 5.08. The first-order chi connectivity index (χ1) is 15.3. The maximum Gasteiger partial charge on any atom is 0.261 e. The van der Waals surface area contributed by atoms with Crippen molar-refractivity contribution >= 4 is 52.0 Å². The van der Waals surface area contributed by atoms with Crippen LogP contribution in [0.15, 0.2) is 30.3 Å². The van der Waals surface area contributed by atoms with E-state index in [1.807, 2.05) is 6.92 Å². The lowest BCUT2D eigenvalue weighted by Crippen LogP contribution is -2.49. The Morgan fingerprint density at radius 3 is 2.75 bits per heavy atom. The zero-order valence-corrected chi connectivity index (χ0v) is 19.3. The predicted molar refractivity (Wildman–Crippen MR) is 122 cm³/mol. The van der Waals surface area contributed by atoms with Gasteiger partial charge in [-0.15, -0.1) is 11.3 Å². The second-order valence-electron chi connectivity index (χ2n) is 7.16. The van der Waals surface area contributed by atoms with Crippen LogP contribution < -0.4 is 15.5 Å². The smallest absolute Gasteiger partial charge is 0.261 e. The van der Waals surface area contributed by atoms with Crippen LogP contribution in [-0.2, 0) is 14.3 Å². The molecule has 0 saturated carbocycles. The maximum absolute atomic E-state index is 14.7. The first-order valence-electron chi connectivity index (χ1n) is 10.0. The van der Waals surface area contributed by atoms with Crippen molar-refractivity contribution in [3.63, 3.8) is 0 Å². The molecule has 0 spiro atoms. The number of morpholine rings is 1. The summed E-state index contributed by atoms with van der Waals surface area (Å²) in [7, 11) is 1.76. The summed E-state index contributed by atoms with van der Waals surface area (Å²) in [5.41, 5.74) is 0.392. The standard InChI is InChI=1S/C21H24ClFN4O4S/c1-3-26(2)16(11-24-21(30)17-6-7-18(22)32-17)20(29)25-13-4-5-15(14(23)10-13)27-8-9-31-12-19(27)28/h4-7,10,16H,3,8-9,11-12H2,1-2H3,(H,24,30)(H,25,29)/t16-/m1/s1. The van der Waals surface area contributed by atoms with E-state index >= 15 is 0 Å². The number of halogens is 2. The van der Waals surface area contributed by atoms with Crippen molar-refractivity contribution < 1.29 is 23.5 Å². The van der Waals surface area contributed by atoms with Crippen molar-refractivity contribution in [1.82, 2.24) is 10.2 Å². The average molecular weight is 483 g/mol. The molecule has 2 aromatic rings. The van der Waals surface area contributed by atoms with Crippen LogP contribution in [0.5, 0.6) is 0 Å². The van der Waals surface area contributed by atoms with Crippen molar-refractivity contribution in [2.75, 3.05) is 50.1 Å². The minimum atomic E-state index is -0.678. The maximum atomic E-state index is 14.7. The third kappa shape index (κ3) is 5.83. The lowest BCUT2D eigenvalue weighted by Gasteiger charge is -2.28.